The average Bonchev–Trinajstić information content (AvgIpc) is 2.75. The van der Waals surface area contributed by atoms with E-state index < -0.39 is 27.0 Å². The molecule has 0 aliphatic rings. The van der Waals surface area contributed by atoms with Gasteiger partial charge in [-0.05, 0) is 0 Å². The molecule has 0 saturated heterocycles. The van der Waals surface area contributed by atoms with Crippen LogP contribution in [0.15, 0.2) is 91.0 Å². The molecule has 0 bridgehead atoms. The van der Waals surface area contributed by atoms with Crippen LogP contribution < -0.4 is 15.9 Å². The summed E-state index contributed by atoms with van der Waals surface area (Å²) in [6.45, 7) is 14.8. The zero-order chi connectivity index (χ0) is 22.3. The minimum absolute atomic E-state index is 1.40. The summed E-state index contributed by atoms with van der Waals surface area (Å²) in [7, 11) is 12.7. The normalized spacial score (nSPS) is 16.3. The zero-order valence-electron chi connectivity index (χ0n) is 18.8. The van der Waals surface area contributed by atoms with E-state index in [4.69, 9.17) is 19.4 Å². The molecule has 0 aliphatic carbocycles. The molecule has 0 saturated carbocycles. The Morgan fingerprint density at radius 3 is 0.833 bits per heavy atom. The molecule has 0 radical (unpaired) electrons. The van der Waals surface area contributed by atoms with E-state index in [0.29, 0.717) is 0 Å². The molecule has 0 aliphatic heterocycles. The Kier molecular flexibility index (Phi) is 7.02. The Bertz CT molecular complexity index is 872. The molecule has 0 heterocycles. The van der Waals surface area contributed by atoms with Crippen molar-refractivity contribution in [2.24, 2.45) is 0 Å². The molecule has 0 atom stereocenters. The fourth-order valence-corrected chi connectivity index (χ4v) is 125. The van der Waals surface area contributed by atoms with Crippen molar-refractivity contribution in [3.05, 3.63) is 91.0 Å². The van der Waals surface area contributed by atoms with E-state index in [1.807, 2.05) is 0 Å². The van der Waals surface area contributed by atoms with Gasteiger partial charge in [0.1, 0.15) is 0 Å². The first-order chi connectivity index (χ1) is 13.9. The summed E-state index contributed by atoms with van der Waals surface area (Å²) < 4.78 is 0. The third-order valence-electron chi connectivity index (χ3n) is 6.69. The van der Waals surface area contributed by atoms with Gasteiger partial charge in [-0.3, -0.25) is 0 Å². The fourth-order valence-electron chi connectivity index (χ4n) is 4.69. The Morgan fingerprint density at radius 2 is 0.633 bits per heavy atom. The second-order valence-electron chi connectivity index (χ2n) is 9.14. The first-order valence-corrected chi connectivity index (χ1v) is 31.1. The second-order valence-corrected chi connectivity index (χ2v) is 76.5. The van der Waals surface area contributed by atoms with Crippen molar-refractivity contribution < 1.29 is 10.2 Å². The van der Waals surface area contributed by atoms with E-state index in [1.165, 1.54) is 15.9 Å². The summed E-state index contributed by atoms with van der Waals surface area (Å²) in [6.07, 6.45) is 0. The van der Waals surface area contributed by atoms with Crippen molar-refractivity contribution in [3.8, 4) is 0 Å². The van der Waals surface area contributed by atoms with Crippen molar-refractivity contribution in [3.63, 3.8) is 0 Å². The van der Waals surface area contributed by atoms with E-state index >= 15 is 0 Å². The van der Waals surface area contributed by atoms with Crippen molar-refractivity contribution in [1.29, 1.82) is 0 Å². The number of hydrogen-bond donors (Lipinski definition) is 0. The Balaban J connectivity index is 2.43. The van der Waals surface area contributed by atoms with Gasteiger partial charge in [0.25, 0.3) is 0 Å². The van der Waals surface area contributed by atoms with Crippen LogP contribution in [0.5, 0.6) is 0 Å². The van der Waals surface area contributed by atoms with E-state index in [2.05, 4.69) is 131 Å². The van der Waals surface area contributed by atoms with Crippen LogP contribution in [-0.4, -0.2) is 40.0 Å². The molecular weight excluding hydrogens is 553 g/mol. The summed E-state index contributed by atoms with van der Waals surface area (Å²) in [5.74, 6) is 0. The molecule has 0 fully saturated rings. The van der Waals surface area contributed by atoms with Crippen LogP contribution in [0, 0.1) is 0 Å². The van der Waals surface area contributed by atoms with Crippen LogP contribution in [0.2, 0.25) is 0 Å². The zero-order valence-corrected chi connectivity index (χ0v) is 25.0. The van der Waals surface area contributed by atoms with Crippen LogP contribution in [-0.2, 0) is 10.2 Å². The Hall–Kier alpha value is 0.153. The molecule has 3 aromatic rings. The van der Waals surface area contributed by atoms with Crippen LogP contribution in [0.25, 0.3) is 0 Å². The van der Waals surface area contributed by atoms with Crippen LogP contribution in [0.4, 0.5) is 0 Å². The molecule has 30 heavy (non-hydrogen) atoms. The third-order valence-corrected chi connectivity index (χ3v) is 138. The number of hydrogen-bond acceptors (Lipinski definition) is 0. The molecule has 0 unspecified atom stereocenters. The predicted molar refractivity (Wildman–Crippen MR) is 150 cm³/mol. The number of halogens is 2. The van der Waals surface area contributed by atoms with Gasteiger partial charge in [0, 0.05) is 0 Å². The SMILES string of the molecule is C[PH](C)(c1ccccc1)[Ru]([Cl])([Cl])([PH](C)(C)c1ccccc1)[PH](C)(C)c1ccccc1. The van der Waals surface area contributed by atoms with Gasteiger partial charge in [-0.1, -0.05) is 0 Å². The van der Waals surface area contributed by atoms with Crippen molar-refractivity contribution in [2.75, 3.05) is 40.0 Å². The quantitative estimate of drug-likeness (QED) is 0.221. The number of benzene rings is 3. The standard InChI is InChI=1S/3C8H11P.2ClH.Ru/c3*1-9(2)8-6-4-3-5-7-8;;;/h3*3-7H,1-2H3;2*1H;/q;;;;;-1/p+1. The maximum absolute atomic E-state index is 8.40. The van der Waals surface area contributed by atoms with Gasteiger partial charge >= 0.3 is 193 Å². The molecule has 3 aromatic carbocycles. The first-order valence-electron chi connectivity index (χ1n) is 10.3. The first kappa shape index (κ1) is 24.8. The molecule has 0 nitrogen and oxygen atoms in total. The van der Waals surface area contributed by atoms with Gasteiger partial charge in [-0.2, -0.15) is 0 Å². The van der Waals surface area contributed by atoms with E-state index in [-0.39, 0.29) is 0 Å². The van der Waals surface area contributed by atoms with Gasteiger partial charge in [0.2, 0.25) is 0 Å². The van der Waals surface area contributed by atoms with Gasteiger partial charge in [-0.15, -0.1) is 0 Å². The molecule has 6 heteroatoms. The third kappa shape index (κ3) is 3.40. The Labute approximate surface area is 192 Å². The van der Waals surface area contributed by atoms with Gasteiger partial charge < -0.3 is 0 Å². The molecule has 0 N–H and O–H groups in total. The van der Waals surface area contributed by atoms with Gasteiger partial charge in [0.05, 0.1) is 0 Å². The summed E-state index contributed by atoms with van der Waals surface area (Å²) in [5, 5.41) is 4.19. The van der Waals surface area contributed by atoms with Crippen molar-refractivity contribution in [1.82, 2.24) is 0 Å². The topological polar surface area (TPSA) is 0 Å². The molecule has 3 rings (SSSR count). The summed E-state index contributed by atoms with van der Waals surface area (Å²) in [6, 6.07) is 32.8. The van der Waals surface area contributed by atoms with E-state index in [1.54, 1.807) is 0 Å². The molecule has 0 amide bonds. The van der Waals surface area contributed by atoms with E-state index in [0.717, 1.165) is 0 Å². The second kappa shape index (κ2) is 8.50. The van der Waals surface area contributed by atoms with Crippen molar-refractivity contribution in [2.45, 2.75) is 0 Å². The van der Waals surface area contributed by atoms with Gasteiger partial charge in [0.15, 0.2) is 0 Å². The van der Waals surface area contributed by atoms with Crippen LogP contribution in [0.3, 0.4) is 0 Å². The minimum atomic E-state index is -4.06. The molecular formula is C24H36Cl2P3Ru. The summed E-state index contributed by atoms with van der Waals surface area (Å²) in [5.41, 5.74) is -6.79. The average molecular weight is 589 g/mol. The summed E-state index contributed by atoms with van der Waals surface area (Å²) in [4.78, 5) is 0. The monoisotopic (exact) mass is 589 g/mol. The molecule has 169 valence electrons. The van der Waals surface area contributed by atoms with Crippen LogP contribution in [0.1, 0.15) is 0 Å². The fraction of sp³-hybridized carbons (Fsp3) is 0.250. The Morgan fingerprint density at radius 1 is 0.433 bits per heavy atom. The van der Waals surface area contributed by atoms with E-state index in [9.17, 15) is 0 Å². The molecule has 0 aromatic heterocycles. The van der Waals surface area contributed by atoms with Crippen molar-refractivity contribution >= 4 is 52.1 Å². The predicted octanol–water partition coefficient (Wildman–Crippen LogP) is 6.73. The van der Waals surface area contributed by atoms with Gasteiger partial charge in [-0.25, -0.2) is 0 Å². The van der Waals surface area contributed by atoms with Crippen LogP contribution >= 0.6 is 36.2 Å². The maximum atomic E-state index is 8.40. The summed E-state index contributed by atoms with van der Waals surface area (Å²) >= 11 is 0. The molecule has 0 spiro atoms. The number of rotatable bonds is 6.